The Bertz CT molecular complexity index is 1760. The minimum atomic E-state index is -4.26. The molecule has 0 saturated carbocycles. The minimum absolute atomic E-state index is 0.0169. The van der Waals surface area contributed by atoms with Crippen LogP contribution in [-0.2, 0) is 32.6 Å². The van der Waals surface area contributed by atoms with Gasteiger partial charge in [-0.2, -0.15) is 0 Å². The number of halogens is 1. The highest BCUT2D eigenvalue weighted by molar-refractivity contribution is 7.92. The standard InChI is InChI=1S/C37H42ClN3O5S/c1-6-28(4)39-37(43)34(22-29-10-8-7-9-11-29)40(24-30-16-12-26(2)13-17-30)36(42)25-41(31-18-21-35(46-5)33(38)23-31)47(44,45)32-19-14-27(3)15-20-32/h7-21,23,28,34H,6,22,24-25H2,1-5H3,(H,39,43)/t28-,34+/m1/s1. The Morgan fingerprint density at radius 1 is 0.872 bits per heavy atom. The summed E-state index contributed by atoms with van der Waals surface area (Å²) < 4.78 is 34.8. The lowest BCUT2D eigenvalue weighted by molar-refractivity contribution is -0.140. The van der Waals surface area contributed by atoms with Crippen molar-refractivity contribution in [3.8, 4) is 5.75 Å². The number of ether oxygens (including phenoxy) is 1. The largest absolute Gasteiger partial charge is 0.495 e. The van der Waals surface area contributed by atoms with Crippen LogP contribution in [0.5, 0.6) is 5.75 Å². The van der Waals surface area contributed by atoms with E-state index >= 15 is 0 Å². The Hall–Kier alpha value is -4.34. The van der Waals surface area contributed by atoms with Gasteiger partial charge in [-0.05, 0) is 68.7 Å². The third-order valence-corrected chi connectivity index (χ3v) is 10.1. The maximum Gasteiger partial charge on any atom is 0.264 e. The van der Waals surface area contributed by atoms with E-state index in [0.29, 0.717) is 12.2 Å². The summed E-state index contributed by atoms with van der Waals surface area (Å²) in [6.45, 7) is 7.23. The number of methoxy groups -OCH3 is 1. The molecule has 0 saturated heterocycles. The highest BCUT2D eigenvalue weighted by atomic mass is 35.5. The number of hydrogen-bond acceptors (Lipinski definition) is 5. The Morgan fingerprint density at radius 3 is 2.06 bits per heavy atom. The van der Waals surface area contributed by atoms with Crippen LogP contribution in [0.4, 0.5) is 5.69 Å². The quantitative estimate of drug-likeness (QED) is 0.160. The highest BCUT2D eigenvalue weighted by Gasteiger charge is 2.35. The molecular formula is C37H42ClN3O5S. The van der Waals surface area contributed by atoms with Gasteiger partial charge in [-0.1, -0.05) is 96.4 Å². The zero-order chi connectivity index (χ0) is 34.1. The summed E-state index contributed by atoms with van der Waals surface area (Å²) in [6.07, 6.45) is 0.941. The van der Waals surface area contributed by atoms with Crippen molar-refractivity contribution < 1.29 is 22.7 Å². The fourth-order valence-corrected chi connectivity index (χ4v) is 6.72. The van der Waals surface area contributed by atoms with Crippen LogP contribution in [0, 0.1) is 13.8 Å². The Labute approximate surface area is 283 Å². The molecule has 0 unspecified atom stereocenters. The summed E-state index contributed by atoms with van der Waals surface area (Å²) in [5.74, 6) is -0.502. The molecule has 47 heavy (non-hydrogen) atoms. The lowest BCUT2D eigenvalue weighted by Gasteiger charge is -2.34. The van der Waals surface area contributed by atoms with Crippen LogP contribution in [0.2, 0.25) is 5.02 Å². The summed E-state index contributed by atoms with van der Waals surface area (Å²) in [4.78, 5) is 30.1. The predicted molar refractivity (Wildman–Crippen MR) is 187 cm³/mol. The molecule has 0 radical (unpaired) electrons. The van der Waals surface area contributed by atoms with Crippen LogP contribution in [-0.4, -0.2) is 50.9 Å². The first-order chi connectivity index (χ1) is 22.4. The number of amides is 2. The molecule has 4 aromatic carbocycles. The van der Waals surface area contributed by atoms with Gasteiger partial charge in [-0.25, -0.2) is 8.42 Å². The van der Waals surface area contributed by atoms with Gasteiger partial charge in [0.2, 0.25) is 11.8 Å². The van der Waals surface area contributed by atoms with Gasteiger partial charge in [0.05, 0.1) is 22.7 Å². The van der Waals surface area contributed by atoms with E-state index in [1.54, 1.807) is 24.3 Å². The van der Waals surface area contributed by atoms with E-state index in [1.165, 1.54) is 30.2 Å². The highest BCUT2D eigenvalue weighted by Crippen LogP contribution is 2.32. The molecule has 0 bridgehead atoms. The molecule has 4 aromatic rings. The van der Waals surface area contributed by atoms with Gasteiger partial charge in [0.15, 0.2) is 0 Å². The van der Waals surface area contributed by atoms with Gasteiger partial charge in [-0.3, -0.25) is 13.9 Å². The van der Waals surface area contributed by atoms with Crippen molar-refractivity contribution in [2.24, 2.45) is 0 Å². The summed E-state index contributed by atoms with van der Waals surface area (Å²) in [5, 5.41) is 3.24. The Balaban J connectivity index is 1.83. The average Bonchev–Trinajstić information content (AvgIpc) is 3.06. The van der Waals surface area contributed by atoms with Gasteiger partial charge < -0.3 is 15.0 Å². The first-order valence-corrected chi connectivity index (χ1v) is 17.4. The molecule has 0 aliphatic rings. The third kappa shape index (κ3) is 9.14. The number of hydrogen-bond donors (Lipinski definition) is 1. The molecule has 0 heterocycles. The van der Waals surface area contributed by atoms with Crippen molar-refractivity contribution in [2.45, 2.75) is 64.1 Å². The summed E-state index contributed by atoms with van der Waals surface area (Å²) in [7, 11) is -2.79. The zero-order valence-electron chi connectivity index (χ0n) is 27.4. The van der Waals surface area contributed by atoms with Crippen molar-refractivity contribution in [1.82, 2.24) is 10.2 Å². The molecular weight excluding hydrogens is 634 g/mol. The maximum absolute atomic E-state index is 14.6. The number of carbonyl (C=O) groups excluding carboxylic acids is 2. The van der Waals surface area contributed by atoms with Crippen molar-refractivity contribution >= 4 is 39.1 Å². The topological polar surface area (TPSA) is 96.0 Å². The molecule has 0 aromatic heterocycles. The van der Waals surface area contributed by atoms with Crippen LogP contribution < -0.4 is 14.4 Å². The number of sulfonamides is 1. The molecule has 0 fully saturated rings. The molecule has 2 atom stereocenters. The van der Waals surface area contributed by atoms with Crippen LogP contribution in [0.1, 0.15) is 42.5 Å². The van der Waals surface area contributed by atoms with Crippen molar-refractivity contribution in [3.63, 3.8) is 0 Å². The molecule has 0 spiro atoms. The van der Waals surface area contributed by atoms with Gasteiger partial charge in [0.1, 0.15) is 18.3 Å². The number of aryl methyl sites for hydroxylation is 2. The third-order valence-electron chi connectivity index (χ3n) is 8.06. The fourth-order valence-electron chi connectivity index (χ4n) is 5.06. The monoisotopic (exact) mass is 675 g/mol. The van der Waals surface area contributed by atoms with Gasteiger partial charge >= 0.3 is 0 Å². The smallest absolute Gasteiger partial charge is 0.264 e. The molecule has 2 amide bonds. The lowest BCUT2D eigenvalue weighted by Crippen LogP contribution is -2.54. The number of benzene rings is 4. The molecule has 0 aliphatic carbocycles. The molecule has 10 heteroatoms. The van der Waals surface area contributed by atoms with E-state index in [9.17, 15) is 18.0 Å². The molecule has 248 valence electrons. The number of rotatable bonds is 14. The zero-order valence-corrected chi connectivity index (χ0v) is 29.0. The summed E-state index contributed by atoms with van der Waals surface area (Å²) in [5.41, 5.74) is 3.79. The van der Waals surface area contributed by atoms with Gasteiger partial charge in [-0.15, -0.1) is 0 Å². The molecule has 1 N–H and O–H groups in total. The number of nitrogens with one attached hydrogen (secondary N) is 1. The minimum Gasteiger partial charge on any atom is -0.495 e. The Kier molecular flexibility index (Phi) is 12.1. The summed E-state index contributed by atoms with van der Waals surface area (Å²) >= 11 is 6.46. The van der Waals surface area contributed by atoms with E-state index < -0.39 is 28.5 Å². The van der Waals surface area contributed by atoms with Crippen molar-refractivity contribution in [3.05, 3.63) is 124 Å². The van der Waals surface area contributed by atoms with E-state index in [-0.39, 0.29) is 40.5 Å². The maximum atomic E-state index is 14.6. The molecule has 0 aliphatic heterocycles. The van der Waals surface area contributed by atoms with E-state index in [4.69, 9.17) is 16.3 Å². The predicted octanol–water partition coefficient (Wildman–Crippen LogP) is 6.72. The number of anilines is 1. The van der Waals surface area contributed by atoms with Crippen molar-refractivity contribution in [2.75, 3.05) is 18.0 Å². The normalized spacial score (nSPS) is 12.6. The molecule has 4 rings (SSSR count). The van der Waals surface area contributed by atoms with Crippen LogP contribution >= 0.6 is 11.6 Å². The second-order valence-corrected chi connectivity index (χ2v) is 13.9. The van der Waals surface area contributed by atoms with Gasteiger partial charge in [0.25, 0.3) is 10.0 Å². The number of carbonyl (C=O) groups is 2. The van der Waals surface area contributed by atoms with Crippen LogP contribution in [0.25, 0.3) is 0 Å². The second-order valence-electron chi connectivity index (χ2n) is 11.7. The molecule has 8 nitrogen and oxygen atoms in total. The average molecular weight is 676 g/mol. The fraction of sp³-hybridized carbons (Fsp3) is 0.297. The van der Waals surface area contributed by atoms with E-state index in [0.717, 1.165) is 26.6 Å². The van der Waals surface area contributed by atoms with Crippen molar-refractivity contribution in [1.29, 1.82) is 0 Å². The number of nitrogens with zero attached hydrogens (tertiary/aromatic N) is 2. The lowest BCUT2D eigenvalue weighted by atomic mass is 10.0. The summed E-state index contributed by atoms with van der Waals surface area (Å²) in [6, 6.07) is 27.1. The SMILES string of the molecule is CC[C@@H](C)NC(=O)[C@H](Cc1ccccc1)N(Cc1ccc(C)cc1)C(=O)CN(c1ccc(OC)c(Cl)c1)S(=O)(=O)c1ccc(C)cc1. The van der Waals surface area contributed by atoms with E-state index in [2.05, 4.69) is 5.32 Å². The Morgan fingerprint density at radius 2 is 1.49 bits per heavy atom. The van der Waals surface area contributed by atoms with E-state index in [1.807, 2.05) is 82.3 Å². The van der Waals surface area contributed by atoms with Crippen LogP contribution in [0.3, 0.4) is 0 Å². The second kappa shape index (κ2) is 16.0. The first kappa shape index (κ1) is 35.5. The first-order valence-electron chi connectivity index (χ1n) is 15.5. The van der Waals surface area contributed by atoms with Crippen LogP contribution in [0.15, 0.2) is 102 Å². The van der Waals surface area contributed by atoms with Gasteiger partial charge in [0, 0.05) is 19.0 Å².